The Morgan fingerprint density at radius 2 is 1.67 bits per heavy atom. The third-order valence-corrected chi connectivity index (χ3v) is 4.69. The Morgan fingerprint density at radius 3 is 2.00 bits per heavy atom. The van der Waals surface area contributed by atoms with E-state index in [1.165, 1.54) is 16.7 Å². The molecule has 1 unspecified atom stereocenters. The smallest absolute Gasteiger partial charge is 0.130 e. The van der Waals surface area contributed by atoms with E-state index in [9.17, 15) is 0 Å². The van der Waals surface area contributed by atoms with Crippen LogP contribution in [0.5, 0.6) is 11.5 Å². The maximum Gasteiger partial charge on any atom is 0.130 e. The van der Waals surface area contributed by atoms with Crippen LogP contribution in [-0.4, -0.2) is 16.6 Å². The Balaban J connectivity index is 0. The van der Waals surface area contributed by atoms with Crippen LogP contribution < -0.4 is 9.47 Å². The third kappa shape index (κ3) is 11.2. The van der Waals surface area contributed by atoms with Crippen LogP contribution in [0.2, 0.25) is 13.1 Å². The average Bonchev–Trinajstić information content (AvgIpc) is 2.88. The predicted octanol–water partition coefficient (Wildman–Crippen LogP) is 7.70. The van der Waals surface area contributed by atoms with Crippen molar-refractivity contribution in [2.75, 3.05) is 7.11 Å². The molecule has 0 spiro atoms. The van der Waals surface area contributed by atoms with Gasteiger partial charge in [0.05, 0.1) is 13.4 Å². The minimum atomic E-state index is 0. The number of benzene rings is 1. The number of allylic oxidation sites excluding steroid dienone is 6. The van der Waals surface area contributed by atoms with Crippen molar-refractivity contribution in [2.24, 2.45) is 11.3 Å². The molecule has 1 aliphatic carbocycles. The van der Waals surface area contributed by atoms with Crippen LogP contribution in [0.4, 0.5) is 0 Å². The minimum Gasteiger partial charge on any atom is -0.497 e. The zero-order valence-corrected chi connectivity index (χ0v) is 23.1. The molecule has 0 aromatic heterocycles. The quantitative estimate of drug-likeness (QED) is 0.199. The summed E-state index contributed by atoms with van der Waals surface area (Å²) in [7, 11) is 2.72. The molecular formula is C26H39O2SiTi-. The van der Waals surface area contributed by atoms with Gasteiger partial charge in [0.25, 0.3) is 0 Å². The van der Waals surface area contributed by atoms with Gasteiger partial charge < -0.3 is 9.47 Å². The minimum absolute atomic E-state index is 0. The number of methoxy groups -OCH3 is 1. The zero-order chi connectivity index (χ0) is 22.6. The molecule has 0 saturated carbocycles. The van der Waals surface area contributed by atoms with Crippen LogP contribution in [0, 0.1) is 17.4 Å². The molecule has 2 radical (unpaired) electrons. The van der Waals surface area contributed by atoms with Gasteiger partial charge in [0, 0.05) is 37.3 Å². The summed E-state index contributed by atoms with van der Waals surface area (Å²) in [4.78, 5) is 0. The molecule has 2 nitrogen and oxygen atoms in total. The van der Waals surface area contributed by atoms with Gasteiger partial charge in [-0.3, -0.25) is 6.08 Å². The largest absolute Gasteiger partial charge is 0.497 e. The fourth-order valence-electron chi connectivity index (χ4n) is 2.50. The van der Waals surface area contributed by atoms with Crippen molar-refractivity contribution in [3.8, 4) is 11.5 Å². The summed E-state index contributed by atoms with van der Waals surface area (Å²) in [6.07, 6.45) is 6.92. The fourth-order valence-corrected chi connectivity index (χ4v) is 2.50. The van der Waals surface area contributed by atoms with Crippen molar-refractivity contribution < 1.29 is 31.2 Å². The molecule has 0 saturated heterocycles. The molecule has 0 bridgehead atoms. The summed E-state index contributed by atoms with van der Waals surface area (Å²) >= 11 is 0. The van der Waals surface area contributed by atoms with Crippen LogP contribution in [0.15, 0.2) is 65.5 Å². The Labute approximate surface area is 203 Å². The molecule has 1 atom stereocenters. The Morgan fingerprint density at radius 1 is 1.13 bits per heavy atom. The maximum absolute atomic E-state index is 5.61. The van der Waals surface area contributed by atoms with Gasteiger partial charge in [-0.25, -0.2) is 5.57 Å². The molecule has 2 rings (SSSR count). The van der Waals surface area contributed by atoms with E-state index in [2.05, 4.69) is 74.2 Å². The van der Waals surface area contributed by atoms with Crippen LogP contribution in [0.3, 0.4) is 0 Å². The summed E-state index contributed by atoms with van der Waals surface area (Å²) in [6.45, 7) is 23.1. The van der Waals surface area contributed by atoms with E-state index in [0.717, 1.165) is 26.6 Å². The van der Waals surface area contributed by atoms with Crippen molar-refractivity contribution in [3.63, 3.8) is 0 Å². The molecule has 164 valence electrons. The second kappa shape index (κ2) is 15.5. The SMILES string of the molecule is C=CC(=COc1cccc(OC)c1)C(C)(C)C.CC1=[C-]C(C)C(C)=C1C.C[Si]C.[Ti]. The molecule has 4 heteroatoms. The molecule has 0 fully saturated rings. The fraction of sp³-hybridized carbons (Fsp3) is 0.462. The Bertz CT molecular complexity index is 740. The Hall–Kier alpha value is -1.29. The number of ether oxygens (including phenoxy) is 2. The summed E-state index contributed by atoms with van der Waals surface area (Å²) in [6, 6.07) is 7.52. The summed E-state index contributed by atoms with van der Waals surface area (Å²) < 4.78 is 10.7. The molecule has 1 aliphatic rings. The summed E-state index contributed by atoms with van der Waals surface area (Å²) in [5.74, 6) is 2.10. The van der Waals surface area contributed by atoms with E-state index in [4.69, 9.17) is 9.47 Å². The molecule has 0 N–H and O–H groups in total. The molecule has 0 amide bonds. The monoisotopic (exact) mass is 459 g/mol. The first-order valence-corrected chi connectivity index (χ1v) is 12.0. The predicted molar refractivity (Wildman–Crippen MR) is 129 cm³/mol. The number of hydrogen-bond acceptors (Lipinski definition) is 2. The van der Waals surface area contributed by atoms with Gasteiger partial charge in [0.2, 0.25) is 0 Å². The van der Waals surface area contributed by atoms with Gasteiger partial charge >= 0.3 is 0 Å². The summed E-state index contributed by atoms with van der Waals surface area (Å²) in [5.41, 5.74) is 5.33. The van der Waals surface area contributed by atoms with E-state index in [-0.39, 0.29) is 27.1 Å². The van der Waals surface area contributed by atoms with Gasteiger partial charge in [-0.2, -0.15) is 11.1 Å². The number of hydrogen-bond donors (Lipinski definition) is 0. The van der Waals surface area contributed by atoms with Crippen molar-refractivity contribution in [3.05, 3.63) is 71.6 Å². The maximum atomic E-state index is 5.61. The molecular weight excluding hydrogens is 420 g/mol. The topological polar surface area (TPSA) is 18.5 Å². The van der Waals surface area contributed by atoms with Crippen molar-refractivity contribution in [1.82, 2.24) is 0 Å². The van der Waals surface area contributed by atoms with E-state index < -0.39 is 0 Å². The number of rotatable bonds is 4. The van der Waals surface area contributed by atoms with Crippen LogP contribution in [0.1, 0.15) is 48.5 Å². The molecule has 0 aliphatic heterocycles. The van der Waals surface area contributed by atoms with Crippen LogP contribution >= 0.6 is 0 Å². The van der Waals surface area contributed by atoms with E-state index in [1.807, 2.05) is 30.3 Å². The molecule has 0 heterocycles. The molecule has 30 heavy (non-hydrogen) atoms. The Kier molecular flexibility index (Phi) is 16.0. The molecule has 1 aromatic carbocycles. The van der Waals surface area contributed by atoms with Gasteiger partial charge in [0.1, 0.15) is 11.5 Å². The van der Waals surface area contributed by atoms with Gasteiger partial charge in [-0.05, 0) is 23.1 Å². The van der Waals surface area contributed by atoms with E-state index in [1.54, 1.807) is 13.4 Å². The van der Waals surface area contributed by atoms with Gasteiger partial charge in [0.15, 0.2) is 0 Å². The van der Waals surface area contributed by atoms with Gasteiger partial charge in [-0.1, -0.05) is 79.3 Å². The normalized spacial score (nSPS) is 15.6. The standard InChI is InChI=1S/C15H20O2.C9H13.C2H6Si.Ti/c1-6-12(15(2,3)4)11-17-14-9-7-8-13(10-14)16-5;1-6-5-7(2)9(4)8(6)3;1-3-2;/h6-11H,1H2,2-5H3;6H,1-4H3;1-2H3;/q;-1;;. The van der Waals surface area contributed by atoms with Crippen molar-refractivity contribution in [1.29, 1.82) is 0 Å². The zero-order valence-electron chi connectivity index (χ0n) is 20.6. The first kappa shape index (κ1) is 30.9. The van der Waals surface area contributed by atoms with Crippen LogP contribution in [0.25, 0.3) is 0 Å². The second-order valence-corrected chi connectivity index (χ2v) is 9.12. The molecule has 1 aromatic rings. The summed E-state index contributed by atoms with van der Waals surface area (Å²) in [5, 5.41) is 0. The first-order chi connectivity index (χ1) is 13.5. The second-order valence-electron chi connectivity index (χ2n) is 8.12. The third-order valence-electron chi connectivity index (χ3n) is 4.69. The van der Waals surface area contributed by atoms with E-state index in [0.29, 0.717) is 5.92 Å². The first-order valence-electron chi connectivity index (χ1n) is 10.0. The van der Waals surface area contributed by atoms with Crippen LogP contribution in [-0.2, 0) is 21.7 Å². The van der Waals surface area contributed by atoms with Crippen molar-refractivity contribution >= 4 is 9.52 Å². The van der Waals surface area contributed by atoms with E-state index >= 15 is 0 Å². The average molecular weight is 460 g/mol. The van der Waals surface area contributed by atoms with Gasteiger partial charge in [-0.15, -0.1) is 6.92 Å². The van der Waals surface area contributed by atoms with Crippen molar-refractivity contribution in [2.45, 2.75) is 61.6 Å².